The number of hydrogen-bond donors (Lipinski definition) is 2. The first kappa shape index (κ1) is 19.4. The Bertz CT molecular complexity index is 1420. The van der Waals surface area contributed by atoms with Crippen molar-refractivity contribution in [2.75, 3.05) is 5.32 Å². The van der Waals surface area contributed by atoms with Crippen LogP contribution in [-0.2, 0) is 6.54 Å². The molecule has 1 aromatic carbocycles. The van der Waals surface area contributed by atoms with Crippen LogP contribution in [0.1, 0.15) is 34.8 Å². The van der Waals surface area contributed by atoms with Gasteiger partial charge in [0.1, 0.15) is 11.5 Å². The third-order valence-electron chi connectivity index (χ3n) is 5.16. The fourth-order valence-corrected chi connectivity index (χ4v) is 3.71. The standard InChI is InChI=1S/C21H17BrN6O3/c22-14-3-1-12(2-4-14)11-27-17(7-8-24-27)25-19(29)13-9-16-18(23-10-13)28(15-5-6-15)21(31)26-20(16)30/h1-4,7-10,15H,5-6,11H2,(H,25,29)(H,26,30,31). The van der Waals surface area contributed by atoms with E-state index in [-0.39, 0.29) is 17.0 Å². The lowest BCUT2D eigenvalue weighted by Crippen LogP contribution is -2.30. The van der Waals surface area contributed by atoms with Crippen LogP contribution in [0.5, 0.6) is 0 Å². The van der Waals surface area contributed by atoms with E-state index in [2.05, 4.69) is 36.3 Å². The molecular weight excluding hydrogens is 464 g/mol. The first-order valence-electron chi connectivity index (χ1n) is 9.72. The van der Waals surface area contributed by atoms with Gasteiger partial charge in [-0.1, -0.05) is 28.1 Å². The summed E-state index contributed by atoms with van der Waals surface area (Å²) in [5.41, 5.74) is 0.517. The number of carbonyl (C=O) groups is 1. The van der Waals surface area contributed by atoms with Gasteiger partial charge < -0.3 is 5.32 Å². The Morgan fingerprint density at radius 1 is 1.19 bits per heavy atom. The second-order valence-corrected chi connectivity index (χ2v) is 8.33. The van der Waals surface area contributed by atoms with Gasteiger partial charge in [-0.25, -0.2) is 14.5 Å². The van der Waals surface area contributed by atoms with Gasteiger partial charge in [-0.2, -0.15) is 5.10 Å². The van der Waals surface area contributed by atoms with Crippen LogP contribution in [0.25, 0.3) is 11.0 Å². The highest BCUT2D eigenvalue weighted by Crippen LogP contribution is 2.34. The quantitative estimate of drug-likeness (QED) is 0.455. The van der Waals surface area contributed by atoms with Crippen LogP contribution in [0.15, 0.2) is 62.9 Å². The Morgan fingerprint density at radius 3 is 2.71 bits per heavy atom. The van der Waals surface area contributed by atoms with Crippen molar-refractivity contribution in [2.45, 2.75) is 25.4 Å². The van der Waals surface area contributed by atoms with Crippen LogP contribution in [-0.4, -0.2) is 30.2 Å². The average Bonchev–Trinajstić information content (AvgIpc) is 3.50. The number of fused-ring (bicyclic) bond motifs is 1. The summed E-state index contributed by atoms with van der Waals surface area (Å²) in [4.78, 5) is 43.9. The lowest BCUT2D eigenvalue weighted by atomic mass is 10.2. The molecule has 0 bridgehead atoms. The van der Waals surface area contributed by atoms with Crippen LogP contribution in [0.2, 0.25) is 0 Å². The maximum atomic E-state index is 12.8. The minimum absolute atomic E-state index is 0.0481. The monoisotopic (exact) mass is 480 g/mol. The number of pyridine rings is 1. The summed E-state index contributed by atoms with van der Waals surface area (Å²) in [5.74, 6) is 0.0976. The number of anilines is 1. The molecule has 0 unspecified atom stereocenters. The van der Waals surface area contributed by atoms with Gasteiger partial charge in [0, 0.05) is 22.8 Å². The molecule has 0 atom stereocenters. The first-order valence-corrected chi connectivity index (χ1v) is 10.5. The van der Waals surface area contributed by atoms with Crippen molar-refractivity contribution in [3.8, 4) is 0 Å². The van der Waals surface area contributed by atoms with Gasteiger partial charge in [-0.05, 0) is 36.6 Å². The summed E-state index contributed by atoms with van der Waals surface area (Å²) in [5, 5.41) is 7.30. The van der Waals surface area contributed by atoms with Crippen molar-refractivity contribution in [1.82, 2.24) is 24.3 Å². The summed E-state index contributed by atoms with van der Waals surface area (Å²) in [6.45, 7) is 0.485. The Balaban J connectivity index is 1.43. The number of hydrogen-bond acceptors (Lipinski definition) is 5. The van der Waals surface area contributed by atoms with Gasteiger partial charge in [0.05, 0.1) is 23.7 Å². The minimum atomic E-state index is -0.556. The van der Waals surface area contributed by atoms with E-state index in [4.69, 9.17) is 0 Å². The summed E-state index contributed by atoms with van der Waals surface area (Å²) < 4.78 is 4.15. The van der Waals surface area contributed by atoms with Crippen molar-refractivity contribution in [3.63, 3.8) is 0 Å². The molecule has 5 rings (SSSR count). The van der Waals surface area contributed by atoms with E-state index in [0.717, 1.165) is 22.9 Å². The SMILES string of the molecule is O=C(Nc1ccnn1Cc1ccc(Br)cc1)c1cnc2c(c1)c(=O)[nH]c(=O)n2C1CC1. The zero-order chi connectivity index (χ0) is 21.5. The summed E-state index contributed by atoms with van der Waals surface area (Å²) in [7, 11) is 0. The Kier molecular flexibility index (Phi) is 4.78. The number of H-pyrrole nitrogens is 1. The number of halogens is 1. The number of nitrogens with one attached hydrogen (secondary N) is 2. The van der Waals surface area contributed by atoms with E-state index >= 15 is 0 Å². The van der Waals surface area contributed by atoms with E-state index in [9.17, 15) is 14.4 Å². The number of benzene rings is 1. The molecule has 3 heterocycles. The van der Waals surface area contributed by atoms with Crippen molar-refractivity contribution in [1.29, 1.82) is 0 Å². The molecule has 0 spiro atoms. The fraction of sp³-hybridized carbons (Fsp3) is 0.190. The molecule has 2 N–H and O–H groups in total. The molecule has 31 heavy (non-hydrogen) atoms. The smallest absolute Gasteiger partial charge is 0.307 e. The Hall–Kier alpha value is -3.53. The molecule has 1 saturated carbocycles. The van der Waals surface area contributed by atoms with E-state index in [0.29, 0.717) is 18.0 Å². The molecule has 0 saturated heterocycles. The number of aromatic amines is 1. The Labute approximate surface area is 183 Å². The van der Waals surface area contributed by atoms with Crippen LogP contribution < -0.4 is 16.6 Å². The number of amides is 1. The second-order valence-electron chi connectivity index (χ2n) is 7.41. The van der Waals surface area contributed by atoms with Gasteiger partial charge in [-0.3, -0.25) is 19.1 Å². The molecule has 9 nitrogen and oxygen atoms in total. The normalized spacial score (nSPS) is 13.5. The molecule has 1 aliphatic rings. The van der Waals surface area contributed by atoms with Crippen molar-refractivity contribution in [3.05, 3.63) is 85.2 Å². The highest BCUT2D eigenvalue weighted by molar-refractivity contribution is 9.10. The van der Waals surface area contributed by atoms with Crippen LogP contribution in [0.4, 0.5) is 5.82 Å². The molecule has 3 aromatic heterocycles. The number of rotatable bonds is 5. The van der Waals surface area contributed by atoms with Crippen LogP contribution >= 0.6 is 15.9 Å². The van der Waals surface area contributed by atoms with Gasteiger partial charge in [0.25, 0.3) is 11.5 Å². The van der Waals surface area contributed by atoms with E-state index in [1.165, 1.54) is 16.8 Å². The maximum Gasteiger partial charge on any atom is 0.330 e. The molecule has 0 radical (unpaired) electrons. The predicted molar refractivity (Wildman–Crippen MR) is 118 cm³/mol. The number of aromatic nitrogens is 5. The highest BCUT2D eigenvalue weighted by Gasteiger charge is 2.27. The zero-order valence-corrected chi connectivity index (χ0v) is 17.8. The van der Waals surface area contributed by atoms with E-state index in [1.54, 1.807) is 16.9 Å². The topological polar surface area (TPSA) is 115 Å². The van der Waals surface area contributed by atoms with E-state index in [1.807, 2.05) is 24.3 Å². The molecule has 1 amide bonds. The summed E-state index contributed by atoms with van der Waals surface area (Å²) >= 11 is 3.41. The third kappa shape index (κ3) is 3.81. The maximum absolute atomic E-state index is 12.8. The molecule has 1 fully saturated rings. The Morgan fingerprint density at radius 2 is 1.97 bits per heavy atom. The molecule has 1 aliphatic carbocycles. The summed E-state index contributed by atoms with van der Waals surface area (Å²) in [6.07, 6.45) is 4.72. The summed E-state index contributed by atoms with van der Waals surface area (Å²) in [6, 6.07) is 11.0. The molecule has 156 valence electrons. The van der Waals surface area contributed by atoms with Gasteiger partial charge >= 0.3 is 5.69 Å². The lowest BCUT2D eigenvalue weighted by molar-refractivity contribution is 0.102. The molecular formula is C21H17BrN6O3. The fourth-order valence-electron chi connectivity index (χ4n) is 3.45. The number of carbonyl (C=O) groups excluding carboxylic acids is 1. The van der Waals surface area contributed by atoms with Gasteiger partial charge in [0.15, 0.2) is 0 Å². The molecule has 10 heteroatoms. The third-order valence-corrected chi connectivity index (χ3v) is 5.69. The lowest BCUT2D eigenvalue weighted by Gasteiger charge is -2.11. The van der Waals surface area contributed by atoms with Gasteiger partial charge in [0.2, 0.25) is 0 Å². The van der Waals surface area contributed by atoms with Crippen molar-refractivity contribution in [2.24, 2.45) is 0 Å². The average molecular weight is 481 g/mol. The van der Waals surface area contributed by atoms with Crippen molar-refractivity contribution < 1.29 is 4.79 Å². The van der Waals surface area contributed by atoms with Crippen LogP contribution in [0.3, 0.4) is 0 Å². The highest BCUT2D eigenvalue weighted by atomic mass is 79.9. The second kappa shape index (κ2) is 7.62. The minimum Gasteiger partial charge on any atom is -0.307 e. The first-order chi connectivity index (χ1) is 15.0. The van der Waals surface area contributed by atoms with Crippen LogP contribution in [0, 0.1) is 0 Å². The molecule has 0 aliphatic heterocycles. The van der Waals surface area contributed by atoms with Gasteiger partial charge in [-0.15, -0.1) is 0 Å². The van der Waals surface area contributed by atoms with E-state index < -0.39 is 17.2 Å². The molecule has 4 aromatic rings. The largest absolute Gasteiger partial charge is 0.330 e. The van der Waals surface area contributed by atoms with Crippen molar-refractivity contribution >= 4 is 38.7 Å². The number of nitrogens with zero attached hydrogens (tertiary/aromatic N) is 4. The predicted octanol–water partition coefficient (Wildman–Crippen LogP) is 2.68. The zero-order valence-electron chi connectivity index (χ0n) is 16.2.